The number of nitrogens with two attached hydrogens (primary N) is 1. The van der Waals surface area contributed by atoms with Crippen molar-refractivity contribution in [3.63, 3.8) is 0 Å². The van der Waals surface area contributed by atoms with Gasteiger partial charge in [0.2, 0.25) is 0 Å². The van der Waals surface area contributed by atoms with Gasteiger partial charge in [-0.25, -0.2) is 0 Å². The van der Waals surface area contributed by atoms with Gasteiger partial charge in [0.05, 0.1) is 0 Å². The number of aromatic amines is 1. The van der Waals surface area contributed by atoms with Gasteiger partial charge in [-0.15, -0.1) is 0 Å². The summed E-state index contributed by atoms with van der Waals surface area (Å²) in [5, 5.41) is 2.96. The van der Waals surface area contributed by atoms with E-state index in [2.05, 4.69) is 10.3 Å². The van der Waals surface area contributed by atoms with E-state index in [1.165, 1.54) is 12.8 Å². The zero-order valence-electron chi connectivity index (χ0n) is 8.92. The molecule has 1 atom stereocenters. The Hall–Kier alpha value is -1.45. The minimum Gasteiger partial charge on any atom is -0.397 e. The maximum Gasteiger partial charge on any atom is 0.267 e. The molecule has 82 valence electrons. The van der Waals surface area contributed by atoms with E-state index in [1.54, 1.807) is 12.3 Å². The molecule has 1 fully saturated rings. The highest BCUT2D eigenvalue weighted by Gasteiger charge is 2.24. The topological polar surface area (TPSA) is 70.9 Å². The molecule has 4 N–H and O–H groups in total. The molecule has 1 aromatic heterocycles. The molecule has 0 aromatic carbocycles. The van der Waals surface area contributed by atoms with Crippen LogP contribution in [0.25, 0.3) is 0 Å². The van der Waals surface area contributed by atoms with Crippen LogP contribution in [-0.2, 0) is 0 Å². The number of aromatic nitrogens is 1. The number of rotatable bonds is 4. The lowest BCUT2D eigenvalue weighted by molar-refractivity contribution is 0.0933. The van der Waals surface area contributed by atoms with Gasteiger partial charge < -0.3 is 16.0 Å². The van der Waals surface area contributed by atoms with Crippen LogP contribution >= 0.6 is 0 Å². The van der Waals surface area contributed by atoms with E-state index in [0.717, 1.165) is 12.3 Å². The van der Waals surface area contributed by atoms with E-state index < -0.39 is 0 Å². The number of H-pyrrole nitrogens is 1. The molecule has 4 nitrogen and oxygen atoms in total. The van der Waals surface area contributed by atoms with Crippen molar-refractivity contribution in [3.8, 4) is 0 Å². The number of nitrogens with one attached hydrogen (secondary N) is 2. The van der Waals surface area contributed by atoms with Crippen molar-refractivity contribution < 1.29 is 4.79 Å². The van der Waals surface area contributed by atoms with E-state index in [4.69, 9.17) is 5.73 Å². The predicted molar refractivity (Wildman–Crippen MR) is 59.5 cm³/mol. The van der Waals surface area contributed by atoms with Gasteiger partial charge in [0, 0.05) is 17.9 Å². The standard InChI is InChI=1S/C11H17N3O/c1-7(4-8-2-3-8)14-11(15)10-5-9(12)6-13-10/h5-8,13H,2-4,12H2,1H3,(H,14,15). The molecule has 1 aliphatic rings. The van der Waals surface area contributed by atoms with Crippen molar-refractivity contribution in [3.05, 3.63) is 18.0 Å². The first-order chi connectivity index (χ1) is 7.15. The Morgan fingerprint density at radius 3 is 3.00 bits per heavy atom. The van der Waals surface area contributed by atoms with Crippen LogP contribution in [0.5, 0.6) is 0 Å². The summed E-state index contributed by atoms with van der Waals surface area (Å²) >= 11 is 0. The fourth-order valence-electron chi connectivity index (χ4n) is 1.76. The fourth-order valence-corrected chi connectivity index (χ4v) is 1.76. The molecule has 1 aromatic rings. The van der Waals surface area contributed by atoms with Crippen molar-refractivity contribution >= 4 is 11.6 Å². The molecule has 1 aliphatic carbocycles. The third-order valence-electron chi connectivity index (χ3n) is 2.71. The van der Waals surface area contributed by atoms with Gasteiger partial charge in [0.1, 0.15) is 5.69 Å². The Bertz CT molecular complexity index is 354. The smallest absolute Gasteiger partial charge is 0.267 e. The van der Waals surface area contributed by atoms with Gasteiger partial charge in [-0.3, -0.25) is 4.79 Å². The second-order valence-electron chi connectivity index (χ2n) is 4.40. The number of nitrogen functional groups attached to an aromatic ring is 1. The van der Waals surface area contributed by atoms with Crippen LogP contribution in [-0.4, -0.2) is 16.9 Å². The number of anilines is 1. The molecule has 1 heterocycles. The first-order valence-corrected chi connectivity index (χ1v) is 5.40. The van der Waals surface area contributed by atoms with Crippen LogP contribution in [0.1, 0.15) is 36.7 Å². The van der Waals surface area contributed by atoms with Crippen LogP contribution in [0, 0.1) is 5.92 Å². The van der Waals surface area contributed by atoms with Crippen LogP contribution in [0.3, 0.4) is 0 Å². The summed E-state index contributed by atoms with van der Waals surface area (Å²) in [6, 6.07) is 1.90. The largest absolute Gasteiger partial charge is 0.397 e. The second kappa shape index (κ2) is 3.96. The summed E-state index contributed by atoms with van der Waals surface area (Å²) in [7, 11) is 0. The van der Waals surface area contributed by atoms with Crippen molar-refractivity contribution in [2.75, 3.05) is 5.73 Å². The Kier molecular flexibility index (Phi) is 2.66. The van der Waals surface area contributed by atoms with Crippen LogP contribution < -0.4 is 11.1 Å². The summed E-state index contributed by atoms with van der Waals surface area (Å²) in [6.45, 7) is 2.04. The molecule has 4 heteroatoms. The second-order valence-corrected chi connectivity index (χ2v) is 4.40. The maximum atomic E-state index is 11.7. The molecule has 1 unspecified atom stereocenters. The molecule has 15 heavy (non-hydrogen) atoms. The normalized spacial score (nSPS) is 17.4. The molecule has 0 saturated heterocycles. The third kappa shape index (κ3) is 2.75. The van der Waals surface area contributed by atoms with Gasteiger partial charge in [-0.1, -0.05) is 12.8 Å². The maximum absolute atomic E-state index is 11.7. The Morgan fingerprint density at radius 1 is 1.73 bits per heavy atom. The molecule has 1 amide bonds. The first kappa shape index (κ1) is 10.1. The molecular formula is C11H17N3O. The molecule has 0 spiro atoms. The van der Waals surface area contributed by atoms with Crippen LogP contribution in [0.15, 0.2) is 12.3 Å². The number of hydrogen-bond donors (Lipinski definition) is 3. The zero-order chi connectivity index (χ0) is 10.8. The van der Waals surface area contributed by atoms with Crippen LogP contribution in [0.4, 0.5) is 5.69 Å². The van der Waals surface area contributed by atoms with Gasteiger partial charge in [0.25, 0.3) is 5.91 Å². The predicted octanol–water partition coefficient (Wildman–Crippen LogP) is 1.52. The summed E-state index contributed by atoms with van der Waals surface area (Å²) < 4.78 is 0. The van der Waals surface area contributed by atoms with Gasteiger partial charge in [-0.2, -0.15) is 0 Å². The highest BCUT2D eigenvalue weighted by Crippen LogP contribution is 2.33. The highest BCUT2D eigenvalue weighted by atomic mass is 16.1. The van der Waals surface area contributed by atoms with Crippen LogP contribution in [0.2, 0.25) is 0 Å². The molecule has 1 saturated carbocycles. The van der Waals surface area contributed by atoms with Gasteiger partial charge in [-0.05, 0) is 25.3 Å². The number of amides is 1. The Labute approximate surface area is 89.2 Å². The quantitative estimate of drug-likeness (QED) is 0.700. The van der Waals surface area contributed by atoms with Crippen molar-refractivity contribution in [1.29, 1.82) is 0 Å². The summed E-state index contributed by atoms with van der Waals surface area (Å²) in [5.74, 6) is 0.758. The van der Waals surface area contributed by atoms with E-state index in [0.29, 0.717) is 11.4 Å². The monoisotopic (exact) mass is 207 g/mol. The number of carbonyl (C=O) groups is 1. The molecule has 0 bridgehead atoms. The summed E-state index contributed by atoms with van der Waals surface area (Å²) in [5.41, 5.74) is 6.66. The van der Waals surface area contributed by atoms with Gasteiger partial charge >= 0.3 is 0 Å². The van der Waals surface area contributed by atoms with E-state index in [-0.39, 0.29) is 11.9 Å². The average molecular weight is 207 g/mol. The SMILES string of the molecule is CC(CC1CC1)NC(=O)c1cc(N)c[nH]1. The lowest BCUT2D eigenvalue weighted by atomic mass is 10.1. The summed E-state index contributed by atoms with van der Waals surface area (Å²) in [4.78, 5) is 14.5. The molecule has 0 aliphatic heterocycles. The van der Waals surface area contributed by atoms with Crippen molar-refractivity contribution in [2.24, 2.45) is 5.92 Å². The molecule has 0 radical (unpaired) electrons. The van der Waals surface area contributed by atoms with E-state index in [1.807, 2.05) is 6.92 Å². The summed E-state index contributed by atoms with van der Waals surface area (Å²) in [6.07, 6.45) is 5.34. The number of hydrogen-bond acceptors (Lipinski definition) is 2. The minimum atomic E-state index is -0.0696. The zero-order valence-corrected chi connectivity index (χ0v) is 8.92. The fraction of sp³-hybridized carbons (Fsp3) is 0.545. The Morgan fingerprint density at radius 2 is 2.47 bits per heavy atom. The van der Waals surface area contributed by atoms with Gasteiger partial charge in [0.15, 0.2) is 0 Å². The Balaban J connectivity index is 1.85. The van der Waals surface area contributed by atoms with E-state index in [9.17, 15) is 4.79 Å². The van der Waals surface area contributed by atoms with E-state index >= 15 is 0 Å². The average Bonchev–Trinajstić information content (AvgIpc) is 2.85. The molecule has 2 rings (SSSR count). The lowest BCUT2D eigenvalue weighted by Gasteiger charge is -2.12. The first-order valence-electron chi connectivity index (χ1n) is 5.40. The molecular weight excluding hydrogens is 190 g/mol. The van der Waals surface area contributed by atoms with Crippen molar-refractivity contribution in [1.82, 2.24) is 10.3 Å². The number of carbonyl (C=O) groups excluding carboxylic acids is 1. The minimum absolute atomic E-state index is 0.0696. The lowest BCUT2D eigenvalue weighted by Crippen LogP contribution is -2.33. The highest BCUT2D eigenvalue weighted by molar-refractivity contribution is 5.93. The van der Waals surface area contributed by atoms with Crippen molar-refractivity contribution in [2.45, 2.75) is 32.2 Å². The third-order valence-corrected chi connectivity index (χ3v) is 2.71.